The van der Waals surface area contributed by atoms with Crippen LogP contribution >= 0.6 is 0 Å². The van der Waals surface area contributed by atoms with Crippen LogP contribution in [0, 0.1) is 10.1 Å². The van der Waals surface area contributed by atoms with Crippen LogP contribution in [0.4, 0.5) is 11.4 Å². The molecule has 1 aliphatic rings. The summed E-state index contributed by atoms with van der Waals surface area (Å²) < 4.78 is 5.07. The highest BCUT2D eigenvalue weighted by molar-refractivity contribution is 5.81. The number of nitro benzene ring substituents is 1. The summed E-state index contributed by atoms with van der Waals surface area (Å²) in [5.41, 5.74) is 0.916. The van der Waals surface area contributed by atoms with Gasteiger partial charge in [0.15, 0.2) is 6.61 Å². The Labute approximate surface area is 175 Å². The molecule has 0 radical (unpaired) electrons. The maximum atomic E-state index is 12.3. The average Bonchev–Trinajstić information content (AvgIpc) is 2.74. The van der Waals surface area contributed by atoms with Gasteiger partial charge in [0, 0.05) is 63.9 Å². The molecule has 2 rings (SSSR count). The molecule has 0 spiro atoms. The van der Waals surface area contributed by atoms with Crippen molar-refractivity contribution in [2.45, 2.75) is 32.6 Å². The van der Waals surface area contributed by atoms with Gasteiger partial charge in [0.1, 0.15) is 0 Å². The molecule has 1 saturated heterocycles. The number of ether oxygens (including phenoxy) is 1. The summed E-state index contributed by atoms with van der Waals surface area (Å²) in [6.07, 6.45) is 2.50. The zero-order valence-electron chi connectivity index (χ0n) is 17.2. The number of nitro groups is 1. The third-order valence-corrected chi connectivity index (χ3v) is 4.85. The number of nitrogens with one attached hydrogen (secondary N) is 1. The van der Waals surface area contributed by atoms with E-state index < -0.39 is 10.9 Å². The Hall–Kier alpha value is -3.17. The summed E-state index contributed by atoms with van der Waals surface area (Å²) in [5, 5.41) is 13.4. The van der Waals surface area contributed by atoms with Crippen molar-refractivity contribution in [3.8, 4) is 0 Å². The molecule has 10 nitrogen and oxygen atoms in total. The number of hydrogen-bond donors (Lipinski definition) is 1. The first-order valence-electron chi connectivity index (χ1n) is 10.0. The van der Waals surface area contributed by atoms with Crippen LogP contribution < -0.4 is 10.2 Å². The smallest absolute Gasteiger partial charge is 0.306 e. The molecule has 1 heterocycles. The van der Waals surface area contributed by atoms with Crippen LogP contribution in [0.2, 0.25) is 0 Å². The van der Waals surface area contributed by atoms with Crippen LogP contribution in [0.15, 0.2) is 24.3 Å². The number of unbranched alkanes of at least 4 members (excludes halogenated alkanes) is 2. The number of anilines is 1. The third kappa shape index (κ3) is 7.69. The molecule has 1 N–H and O–H groups in total. The Balaban J connectivity index is 1.62. The Morgan fingerprint density at radius 3 is 2.33 bits per heavy atom. The van der Waals surface area contributed by atoms with E-state index in [-0.39, 0.29) is 30.5 Å². The highest BCUT2D eigenvalue weighted by Gasteiger charge is 2.22. The number of hydrogen-bond acceptors (Lipinski definition) is 7. The van der Waals surface area contributed by atoms with Crippen LogP contribution in [0.25, 0.3) is 0 Å². The first-order chi connectivity index (χ1) is 14.4. The highest BCUT2D eigenvalue weighted by Crippen LogP contribution is 2.20. The van der Waals surface area contributed by atoms with Crippen molar-refractivity contribution in [1.29, 1.82) is 0 Å². The normalized spacial score (nSPS) is 13.6. The summed E-state index contributed by atoms with van der Waals surface area (Å²) >= 11 is 0. The summed E-state index contributed by atoms with van der Waals surface area (Å²) in [7, 11) is 0. The summed E-state index contributed by atoms with van der Waals surface area (Å²) in [6, 6.07) is 6.33. The number of nitrogens with zero attached hydrogens (tertiary/aromatic N) is 3. The van der Waals surface area contributed by atoms with Crippen molar-refractivity contribution in [1.82, 2.24) is 10.2 Å². The molecule has 1 aliphatic heterocycles. The van der Waals surface area contributed by atoms with Gasteiger partial charge in [-0.15, -0.1) is 0 Å². The lowest BCUT2D eigenvalue weighted by Gasteiger charge is -2.36. The quantitative estimate of drug-likeness (QED) is 0.263. The Bertz CT molecular complexity index is 744. The van der Waals surface area contributed by atoms with Crippen LogP contribution in [0.5, 0.6) is 0 Å². The number of piperazine rings is 1. The predicted octanol–water partition coefficient (Wildman–Crippen LogP) is 1.48. The molecule has 0 bridgehead atoms. The Morgan fingerprint density at radius 2 is 1.73 bits per heavy atom. The van der Waals surface area contributed by atoms with Crippen molar-refractivity contribution >= 4 is 29.2 Å². The molecule has 0 aliphatic carbocycles. The van der Waals surface area contributed by atoms with E-state index in [0.29, 0.717) is 39.1 Å². The van der Waals surface area contributed by atoms with Crippen LogP contribution in [-0.4, -0.2) is 66.9 Å². The maximum absolute atomic E-state index is 12.3. The fourth-order valence-electron chi connectivity index (χ4n) is 3.14. The van der Waals surface area contributed by atoms with E-state index in [4.69, 9.17) is 4.74 Å². The molecule has 1 fully saturated rings. The average molecular weight is 420 g/mol. The SMILES string of the molecule is CC(=O)NCCCCCC(=O)OCC(=O)N1CCN(c2ccc([N+](=O)[O-])cc2)CC1. The number of rotatable bonds is 10. The molecule has 0 aromatic heterocycles. The molecule has 164 valence electrons. The largest absolute Gasteiger partial charge is 0.456 e. The summed E-state index contributed by atoms with van der Waals surface area (Å²) in [6.45, 7) is 3.99. The minimum absolute atomic E-state index is 0.0436. The van der Waals surface area contributed by atoms with Gasteiger partial charge >= 0.3 is 5.97 Å². The van der Waals surface area contributed by atoms with E-state index >= 15 is 0 Å². The van der Waals surface area contributed by atoms with E-state index in [1.54, 1.807) is 17.0 Å². The third-order valence-electron chi connectivity index (χ3n) is 4.85. The number of carbonyl (C=O) groups is 3. The molecule has 0 unspecified atom stereocenters. The van der Waals surface area contributed by atoms with Crippen LogP contribution in [0.3, 0.4) is 0 Å². The van der Waals surface area contributed by atoms with Crippen molar-refractivity contribution in [3.63, 3.8) is 0 Å². The zero-order valence-corrected chi connectivity index (χ0v) is 17.2. The molecule has 0 atom stereocenters. The predicted molar refractivity (Wildman–Crippen MR) is 110 cm³/mol. The van der Waals surface area contributed by atoms with Gasteiger partial charge in [-0.2, -0.15) is 0 Å². The van der Waals surface area contributed by atoms with Gasteiger partial charge in [0.2, 0.25) is 5.91 Å². The molecule has 1 aromatic rings. The summed E-state index contributed by atoms with van der Waals surface area (Å²) in [5.74, 6) is -0.689. The van der Waals surface area contributed by atoms with E-state index in [0.717, 1.165) is 18.5 Å². The number of carbonyl (C=O) groups excluding carboxylic acids is 3. The minimum Gasteiger partial charge on any atom is -0.456 e. The van der Waals surface area contributed by atoms with Crippen LogP contribution in [-0.2, 0) is 19.1 Å². The first-order valence-corrected chi connectivity index (χ1v) is 10.0. The van der Waals surface area contributed by atoms with Gasteiger partial charge < -0.3 is 19.9 Å². The topological polar surface area (TPSA) is 122 Å². The van der Waals surface area contributed by atoms with E-state index in [9.17, 15) is 24.5 Å². The van der Waals surface area contributed by atoms with E-state index in [1.165, 1.54) is 19.1 Å². The number of esters is 1. The number of benzene rings is 1. The summed E-state index contributed by atoms with van der Waals surface area (Å²) in [4.78, 5) is 48.8. The second-order valence-electron chi connectivity index (χ2n) is 7.10. The molecule has 30 heavy (non-hydrogen) atoms. The molecular weight excluding hydrogens is 392 g/mol. The first kappa shape index (κ1) is 23.1. The van der Waals surface area contributed by atoms with Gasteiger partial charge in [0.25, 0.3) is 11.6 Å². The lowest BCUT2D eigenvalue weighted by atomic mass is 10.2. The molecule has 0 saturated carbocycles. The molecule has 1 aromatic carbocycles. The monoisotopic (exact) mass is 420 g/mol. The number of amides is 2. The molecular formula is C20H28N4O6. The second kappa shape index (κ2) is 11.7. The van der Waals surface area contributed by atoms with Gasteiger partial charge in [-0.05, 0) is 25.0 Å². The lowest BCUT2D eigenvalue weighted by Crippen LogP contribution is -2.49. The Morgan fingerprint density at radius 1 is 1.07 bits per heavy atom. The zero-order chi connectivity index (χ0) is 21.9. The Kier molecular flexibility index (Phi) is 9.04. The van der Waals surface area contributed by atoms with Gasteiger partial charge in [-0.25, -0.2) is 0 Å². The standard InChI is InChI=1S/C20H28N4O6/c1-16(25)21-10-4-2-3-5-20(27)30-15-19(26)23-13-11-22(12-14-23)17-6-8-18(9-7-17)24(28)29/h6-9H,2-5,10-15H2,1H3,(H,21,25). The van der Waals surface area contributed by atoms with Gasteiger partial charge in [-0.1, -0.05) is 6.42 Å². The van der Waals surface area contributed by atoms with Crippen LogP contribution in [0.1, 0.15) is 32.6 Å². The van der Waals surface area contributed by atoms with Crippen molar-refractivity contribution in [2.24, 2.45) is 0 Å². The molecule has 2 amide bonds. The maximum Gasteiger partial charge on any atom is 0.306 e. The van der Waals surface area contributed by atoms with Crippen molar-refractivity contribution < 1.29 is 24.0 Å². The highest BCUT2D eigenvalue weighted by atomic mass is 16.6. The van der Waals surface area contributed by atoms with E-state index in [2.05, 4.69) is 10.2 Å². The van der Waals surface area contributed by atoms with Crippen molar-refractivity contribution in [2.75, 3.05) is 44.2 Å². The number of non-ortho nitro benzene ring substituents is 1. The van der Waals surface area contributed by atoms with Gasteiger partial charge in [-0.3, -0.25) is 24.5 Å². The minimum atomic E-state index is -0.437. The van der Waals surface area contributed by atoms with E-state index in [1.807, 2.05) is 0 Å². The second-order valence-corrected chi connectivity index (χ2v) is 7.10. The fourth-order valence-corrected chi connectivity index (χ4v) is 3.14. The lowest BCUT2D eigenvalue weighted by molar-refractivity contribution is -0.384. The fraction of sp³-hybridized carbons (Fsp3) is 0.550. The van der Waals surface area contributed by atoms with Gasteiger partial charge in [0.05, 0.1) is 4.92 Å². The molecule has 10 heteroatoms. The van der Waals surface area contributed by atoms with Crippen molar-refractivity contribution in [3.05, 3.63) is 34.4 Å².